The molecule has 0 aliphatic rings. The summed E-state index contributed by atoms with van der Waals surface area (Å²) in [5.74, 6) is 0. The predicted molar refractivity (Wildman–Crippen MR) is 19.4 cm³/mol. The summed E-state index contributed by atoms with van der Waals surface area (Å²) in [5.41, 5.74) is 0. The van der Waals surface area contributed by atoms with Gasteiger partial charge in [0.15, 0.2) is 0 Å². The van der Waals surface area contributed by atoms with E-state index in [1.807, 2.05) is 0 Å². The molecule has 0 amide bonds. The minimum Gasteiger partial charge on any atom is 0 e. The number of hydrogen-bond donors (Lipinski definition) is 2. The van der Waals surface area contributed by atoms with Gasteiger partial charge in [-0.1, -0.05) is 0 Å². The topological polar surface area (TPSA) is 57.5 Å². The Balaban J connectivity index is -0.0000000450. The fraction of sp³-hybridized carbons (Fsp3) is 0. The molecule has 0 aliphatic heterocycles. The first-order valence-electron chi connectivity index (χ1n) is 0.651. The Morgan fingerprint density at radius 3 is 1.33 bits per heavy atom. The van der Waals surface area contributed by atoms with E-state index in [4.69, 9.17) is 14.1 Å². The van der Waals surface area contributed by atoms with Crippen LogP contribution in [0.4, 0.5) is 0 Å². The molecule has 0 fully saturated rings. The maximum atomic E-state index is 8.74. The van der Waals surface area contributed by atoms with Gasteiger partial charge >= 0.3 is 36.5 Å². The van der Waals surface area contributed by atoms with E-state index >= 15 is 0 Å². The van der Waals surface area contributed by atoms with E-state index in [9.17, 15) is 0 Å². The van der Waals surface area contributed by atoms with Crippen molar-refractivity contribution in [3.8, 4) is 0 Å². The molecule has 0 aliphatic carbocycles. The summed E-state index contributed by atoms with van der Waals surface area (Å²) in [6.07, 6.45) is 0. The molecule has 0 atom stereocenters. The average molecular weight is 379 g/mol. The Bertz CT molecular complexity index is 33.8. The molecule has 0 heterocycles. The summed E-state index contributed by atoms with van der Waals surface area (Å²) >= 11 is 0. The van der Waals surface area contributed by atoms with E-state index in [0.29, 0.717) is 0 Å². The van der Waals surface area contributed by atoms with Gasteiger partial charge in [-0.3, -0.25) is 4.46 Å². The van der Waals surface area contributed by atoms with Crippen molar-refractivity contribution in [2.24, 2.45) is 0 Å². The zero-order valence-corrected chi connectivity index (χ0v) is 12.0. The van der Waals surface area contributed by atoms with E-state index in [1.54, 1.807) is 0 Å². The molecule has 0 aromatic carbocycles. The van der Waals surface area contributed by atoms with Crippen molar-refractivity contribution in [3.05, 3.63) is 0 Å². The molecule has 2 N–H and O–H groups in total. The third-order valence-electron chi connectivity index (χ3n) is 0. The number of hydrogen-bond acceptors (Lipinski definition) is 1. The van der Waals surface area contributed by atoms with E-state index in [0.717, 1.165) is 0 Å². The van der Waals surface area contributed by atoms with Gasteiger partial charge < -0.3 is 9.59 Å². The van der Waals surface area contributed by atoms with Crippen molar-refractivity contribution in [1.82, 2.24) is 0 Å². The Morgan fingerprint density at radius 1 is 1.33 bits per heavy atom. The first-order valence-corrected chi connectivity index (χ1v) is 1.95. The van der Waals surface area contributed by atoms with Crippen LogP contribution in [0.1, 0.15) is 0 Å². The third kappa shape index (κ3) is 52.4. The van der Waals surface area contributed by atoms with Crippen molar-refractivity contribution in [1.29, 1.82) is 0 Å². The molecule has 0 unspecified atom stereocenters. The monoisotopic (exact) mass is 378 g/mol. The van der Waals surface area contributed by atoms with Crippen LogP contribution in [0.15, 0.2) is 0 Å². The Kier molecular flexibility index (Phi) is 25.2. The van der Waals surface area contributed by atoms with E-state index in [2.05, 4.69) is 0 Å². The molecule has 0 spiro atoms. The average Bonchev–Trinajstić information content (AvgIpc) is 0.811. The van der Waals surface area contributed by atoms with Crippen molar-refractivity contribution in [2.75, 3.05) is 0 Å². The molecule has 0 saturated carbocycles. The molecule has 34 valence electrons. The predicted octanol–water partition coefficient (Wildman–Crippen LogP) is -2.53. The van der Waals surface area contributed by atoms with Gasteiger partial charge in [-0.25, -0.2) is 0 Å². The fourth-order valence-corrected chi connectivity index (χ4v) is 0. The summed E-state index contributed by atoms with van der Waals surface area (Å²) in [7, 11) is -3.13. The maximum Gasteiger partial charge on any atom is 0 e. The maximum absolute atomic E-state index is 8.74. The second kappa shape index (κ2) is 9.66. The summed E-state index contributed by atoms with van der Waals surface area (Å²) < 4.78 is 8.74. The van der Waals surface area contributed by atoms with Crippen molar-refractivity contribution in [2.45, 2.75) is 0 Å². The van der Waals surface area contributed by atoms with Crippen LogP contribution in [-0.4, -0.2) is 46.1 Å². The van der Waals surface area contributed by atoms with Crippen LogP contribution in [0.3, 0.4) is 0 Å². The van der Waals surface area contributed by atoms with Gasteiger partial charge in [0.2, 0.25) is 0 Å². The third-order valence-corrected chi connectivity index (χ3v) is 0. The van der Waals surface area contributed by atoms with Gasteiger partial charge in [-0.15, -0.1) is 0 Å². The van der Waals surface area contributed by atoms with Crippen LogP contribution in [0.25, 0.3) is 0 Å². The fourth-order valence-electron chi connectivity index (χ4n) is 0. The second-order valence-electron chi connectivity index (χ2n) is 0.283. The van der Waals surface area contributed by atoms with Crippen molar-refractivity contribution in [3.63, 3.8) is 0 Å². The standard InChI is InChI=1S/H2O3Si.Pb.Zr.2H/c1-4(2)3;;;;/h1-2H;;;;. The Morgan fingerprint density at radius 2 is 1.33 bits per heavy atom. The van der Waals surface area contributed by atoms with Crippen LogP contribution in [-0.2, 0) is 30.7 Å². The smallest absolute Gasteiger partial charge is 0 e. The molecule has 0 aromatic rings. The summed E-state index contributed by atoms with van der Waals surface area (Å²) in [4.78, 5) is 14.3. The van der Waals surface area contributed by atoms with Crippen molar-refractivity contribution < 1.29 is 40.3 Å². The molecule has 0 aromatic heterocycles. The summed E-state index contributed by atoms with van der Waals surface area (Å²) in [6.45, 7) is 0. The second-order valence-corrected chi connectivity index (χ2v) is 0.848. The molecule has 6 heavy (non-hydrogen) atoms. The van der Waals surface area contributed by atoms with Crippen LogP contribution >= 0.6 is 0 Å². The van der Waals surface area contributed by atoms with Gasteiger partial charge in [-0.2, -0.15) is 0 Å². The van der Waals surface area contributed by atoms with Gasteiger partial charge in [0, 0.05) is 26.2 Å². The minimum atomic E-state index is -3.13. The van der Waals surface area contributed by atoms with Crippen LogP contribution in [0, 0.1) is 0 Å². The molecular formula is H4O3PbSiZr. The zero-order chi connectivity index (χ0) is 3.58. The van der Waals surface area contributed by atoms with Gasteiger partial charge in [0.05, 0.1) is 0 Å². The Hall–Kier alpha value is 1.42. The molecule has 0 saturated heterocycles. The van der Waals surface area contributed by atoms with Gasteiger partial charge in [0.1, 0.15) is 0 Å². The molecule has 6 heteroatoms. The van der Waals surface area contributed by atoms with Crippen LogP contribution < -0.4 is 0 Å². The van der Waals surface area contributed by atoms with E-state index in [-0.39, 0.29) is 53.5 Å². The largest absolute Gasteiger partial charge is 0 e. The summed E-state index contributed by atoms with van der Waals surface area (Å²) in [6, 6.07) is 0. The SMILES string of the molecule is O=[Si](O)O.[PbH2].[Zr]. The van der Waals surface area contributed by atoms with Crippen LogP contribution in [0.5, 0.6) is 0 Å². The normalized spacial score (nSPS) is 4.00. The van der Waals surface area contributed by atoms with Crippen LogP contribution in [0.2, 0.25) is 0 Å². The number of rotatable bonds is 0. The zero-order valence-electron chi connectivity index (χ0n) is 3.01. The minimum absolute atomic E-state index is 0. The summed E-state index contributed by atoms with van der Waals surface area (Å²) in [5, 5.41) is 0. The molecule has 3 nitrogen and oxygen atoms in total. The Labute approximate surface area is 75.9 Å². The molecule has 0 rings (SSSR count). The first kappa shape index (κ1) is 15.7. The quantitative estimate of drug-likeness (QED) is 0.457. The molecule has 0 bridgehead atoms. The van der Waals surface area contributed by atoms with Gasteiger partial charge in [0.25, 0.3) is 0 Å². The molecular weight excluding hydrogens is 375 g/mol. The van der Waals surface area contributed by atoms with Gasteiger partial charge in [-0.05, 0) is 0 Å². The van der Waals surface area contributed by atoms with E-state index in [1.165, 1.54) is 0 Å². The van der Waals surface area contributed by atoms with Crippen molar-refractivity contribution >= 4 is 36.5 Å². The molecule has 2 radical (unpaired) electrons. The van der Waals surface area contributed by atoms with E-state index < -0.39 is 9.17 Å². The first-order chi connectivity index (χ1) is 1.73.